The van der Waals surface area contributed by atoms with Crippen LogP contribution in [0, 0.1) is 0 Å². The second kappa shape index (κ2) is 7.25. The van der Waals surface area contributed by atoms with Gasteiger partial charge >= 0.3 is 0 Å². The van der Waals surface area contributed by atoms with Crippen molar-refractivity contribution in [3.8, 4) is 5.75 Å². The quantitative estimate of drug-likeness (QED) is 0.678. The van der Waals surface area contributed by atoms with E-state index in [1.54, 1.807) is 0 Å². The summed E-state index contributed by atoms with van der Waals surface area (Å²) in [6, 6.07) is 9.08. The lowest BCUT2D eigenvalue weighted by Gasteiger charge is -2.17. The van der Waals surface area contributed by atoms with Crippen LogP contribution in [0.25, 0.3) is 6.08 Å². The summed E-state index contributed by atoms with van der Waals surface area (Å²) in [6.07, 6.45) is 2.61. The van der Waals surface area contributed by atoms with Gasteiger partial charge in [0, 0.05) is 12.2 Å². The third-order valence-electron chi connectivity index (χ3n) is 2.40. The normalized spacial score (nSPS) is 12.1. The summed E-state index contributed by atoms with van der Waals surface area (Å²) < 4.78 is 11.5. The molecule has 0 spiro atoms. The highest BCUT2D eigenvalue weighted by Gasteiger charge is 2.12. The molecule has 0 saturated heterocycles. The molecule has 0 saturated carbocycles. The highest BCUT2D eigenvalue weighted by atomic mass is 28.3. The highest BCUT2D eigenvalue weighted by molar-refractivity contribution is 6.52. The topological polar surface area (TPSA) is 18.5 Å². The number of rotatable bonds is 7. The van der Waals surface area contributed by atoms with Crippen molar-refractivity contribution >= 4 is 15.1 Å². The third-order valence-corrected chi connectivity index (χ3v) is 4.50. The molecule has 3 heteroatoms. The molecule has 2 nitrogen and oxygen atoms in total. The fourth-order valence-corrected chi connectivity index (χ4v) is 2.96. The second-order valence-corrected chi connectivity index (χ2v) is 6.18. The van der Waals surface area contributed by atoms with E-state index in [1.807, 2.05) is 37.3 Å². The Balaban J connectivity index is 2.65. The predicted molar refractivity (Wildman–Crippen MR) is 71.3 cm³/mol. The van der Waals surface area contributed by atoms with E-state index in [2.05, 4.69) is 13.5 Å². The van der Waals surface area contributed by atoms with E-state index in [9.17, 15) is 0 Å². The van der Waals surface area contributed by atoms with E-state index in [0.717, 1.165) is 30.2 Å². The SMILES string of the molecule is C=Cc1ccccc1O[SiH](CC)COCC. The van der Waals surface area contributed by atoms with Crippen LogP contribution in [-0.4, -0.2) is 21.9 Å². The molecule has 0 aliphatic rings. The minimum absolute atomic E-state index is 0.760. The van der Waals surface area contributed by atoms with Gasteiger partial charge in [0.05, 0.1) is 6.23 Å². The van der Waals surface area contributed by atoms with E-state index in [1.165, 1.54) is 0 Å². The summed E-state index contributed by atoms with van der Waals surface area (Å²) in [4.78, 5) is 0. The molecule has 0 heterocycles. The van der Waals surface area contributed by atoms with Gasteiger partial charge in [-0.15, -0.1) is 0 Å². The number of hydrogen-bond donors (Lipinski definition) is 0. The molecule has 0 fully saturated rings. The van der Waals surface area contributed by atoms with Crippen LogP contribution in [0.2, 0.25) is 6.04 Å². The summed E-state index contributed by atoms with van der Waals surface area (Å²) in [5.41, 5.74) is 1.06. The summed E-state index contributed by atoms with van der Waals surface area (Å²) >= 11 is 0. The number of para-hydroxylation sites is 1. The van der Waals surface area contributed by atoms with Gasteiger partial charge in [-0.2, -0.15) is 0 Å². The zero-order valence-corrected chi connectivity index (χ0v) is 11.3. The smallest absolute Gasteiger partial charge is 0.260 e. The first kappa shape index (κ1) is 13.0. The Bertz CT molecular complexity index is 325. The fourth-order valence-electron chi connectivity index (χ4n) is 1.42. The van der Waals surface area contributed by atoms with Gasteiger partial charge in [0.15, 0.2) is 0 Å². The van der Waals surface area contributed by atoms with Gasteiger partial charge in [-0.3, -0.25) is 0 Å². The van der Waals surface area contributed by atoms with Crippen molar-refractivity contribution < 1.29 is 9.16 Å². The molecule has 88 valence electrons. The molecule has 16 heavy (non-hydrogen) atoms. The van der Waals surface area contributed by atoms with Gasteiger partial charge in [-0.25, -0.2) is 0 Å². The summed E-state index contributed by atoms with van der Waals surface area (Å²) in [5, 5.41) is 0. The molecule has 0 aliphatic carbocycles. The molecular weight excluding hydrogens is 216 g/mol. The second-order valence-electron chi connectivity index (χ2n) is 3.55. The lowest BCUT2D eigenvalue weighted by Crippen LogP contribution is -2.28. The van der Waals surface area contributed by atoms with Crippen LogP contribution >= 0.6 is 0 Å². The zero-order valence-electron chi connectivity index (χ0n) is 10.1. The van der Waals surface area contributed by atoms with Gasteiger partial charge < -0.3 is 9.16 Å². The first-order chi connectivity index (χ1) is 7.81. The number of hydrogen-bond acceptors (Lipinski definition) is 2. The molecule has 0 N–H and O–H groups in total. The molecular formula is C13H20O2Si. The Labute approximate surface area is 99.6 Å². The molecule has 0 aromatic heterocycles. The van der Waals surface area contributed by atoms with Gasteiger partial charge in [0.1, 0.15) is 5.75 Å². The van der Waals surface area contributed by atoms with E-state index in [4.69, 9.17) is 9.16 Å². The Hall–Kier alpha value is -1.06. The van der Waals surface area contributed by atoms with E-state index in [0.29, 0.717) is 0 Å². The average Bonchev–Trinajstić information content (AvgIpc) is 2.34. The minimum atomic E-state index is -1.27. The summed E-state index contributed by atoms with van der Waals surface area (Å²) in [6.45, 7) is 8.72. The summed E-state index contributed by atoms with van der Waals surface area (Å²) in [7, 11) is -1.27. The van der Waals surface area contributed by atoms with Gasteiger partial charge in [0.2, 0.25) is 0 Å². The molecule has 1 rings (SSSR count). The molecule has 1 atom stereocenters. The van der Waals surface area contributed by atoms with Crippen molar-refractivity contribution in [2.75, 3.05) is 12.8 Å². The molecule has 1 aromatic rings. The average molecular weight is 236 g/mol. The van der Waals surface area contributed by atoms with Crippen molar-refractivity contribution in [1.82, 2.24) is 0 Å². The molecule has 0 amide bonds. The van der Waals surface area contributed by atoms with Crippen molar-refractivity contribution in [2.24, 2.45) is 0 Å². The van der Waals surface area contributed by atoms with Crippen molar-refractivity contribution in [3.63, 3.8) is 0 Å². The standard InChI is InChI=1S/C13H20O2Si/c1-4-12-9-7-8-10-13(12)15-16(6-3)11-14-5-2/h4,7-10,16H,1,5-6,11H2,2-3H3. The van der Waals surface area contributed by atoms with E-state index in [-0.39, 0.29) is 0 Å². The van der Waals surface area contributed by atoms with Crippen LogP contribution in [0.3, 0.4) is 0 Å². The van der Waals surface area contributed by atoms with Gasteiger partial charge in [0.25, 0.3) is 9.04 Å². The Morgan fingerprint density at radius 3 is 2.69 bits per heavy atom. The Kier molecular flexibility index (Phi) is 5.89. The van der Waals surface area contributed by atoms with Crippen LogP contribution in [0.5, 0.6) is 5.75 Å². The third kappa shape index (κ3) is 3.83. The maximum Gasteiger partial charge on any atom is 0.260 e. The summed E-state index contributed by atoms with van der Waals surface area (Å²) in [5.74, 6) is 0.940. The number of ether oxygens (including phenoxy) is 1. The van der Waals surface area contributed by atoms with Crippen molar-refractivity contribution in [2.45, 2.75) is 19.9 Å². The minimum Gasteiger partial charge on any atom is -0.544 e. The predicted octanol–water partition coefficient (Wildman–Crippen LogP) is 3.03. The van der Waals surface area contributed by atoms with Gasteiger partial charge in [-0.1, -0.05) is 37.8 Å². The fraction of sp³-hybridized carbons (Fsp3) is 0.385. The monoisotopic (exact) mass is 236 g/mol. The van der Waals surface area contributed by atoms with Crippen molar-refractivity contribution in [1.29, 1.82) is 0 Å². The van der Waals surface area contributed by atoms with Crippen LogP contribution < -0.4 is 4.43 Å². The Morgan fingerprint density at radius 2 is 2.06 bits per heavy atom. The van der Waals surface area contributed by atoms with Crippen LogP contribution in [0.4, 0.5) is 0 Å². The lowest BCUT2D eigenvalue weighted by atomic mass is 10.2. The molecule has 0 bridgehead atoms. The first-order valence-electron chi connectivity index (χ1n) is 5.77. The maximum absolute atomic E-state index is 6.03. The highest BCUT2D eigenvalue weighted by Crippen LogP contribution is 2.20. The molecule has 1 unspecified atom stereocenters. The molecule has 0 aliphatic heterocycles. The van der Waals surface area contributed by atoms with E-state index >= 15 is 0 Å². The zero-order chi connectivity index (χ0) is 11.8. The van der Waals surface area contributed by atoms with Crippen molar-refractivity contribution in [3.05, 3.63) is 36.4 Å². The van der Waals surface area contributed by atoms with Gasteiger partial charge in [-0.05, 0) is 19.0 Å². The molecule has 1 aromatic carbocycles. The molecule has 0 radical (unpaired) electrons. The van der Waals surface area contributed by atoms with Crippen LogP contribution in [0.1, 0.15) is 19.4 Å². The largest absolute Gasteiger partial charge is 0.544 e. The maximum atomic E-state index is 6.03. The lowest BCUT2D eigenvalue weighted by molar-refractivity contribution is 0.183. The first-order valence-corrected chi connectivity index (χ1v) is 7.88. The number of benzene rings is 1. The van der Waals surface area contributed by atoms with Crippen LogP contribution in [-0.2, 0) is 4.74 Å². The van der Waals surface area contributed by atoms with E-state index < -0.39 is 9.04 Å². The Morgan fingerprint density at radius 1 is 1.31 bits per heavy atom. The van der Waals surface area contributed by atoms with Crippen LogP contribution in [0.15, 0.2) is 30.8 Å².